The first-order valence-electron chi connectivity index (χ1n) is 10.8. The molecule has 0 saturated carbocycles. The maximum atomic E-state index is 13.3. The summed E-state index contributed by atoms with van der Waals surface area (Å²) in [6.45, 7) is 1.34. The number of nitrogens with zero attached hydrogens (tertiary/aromatic N) is 3. The van der Waals surface area contributed by atoms with Gasteiger partial charge in [0.05, 0.1) is 16.8 Å². The average Bonchev–Trinajstić information content (AvgIpc) is 2.87. The van der Waals surface area contributed by atoms with Gasteiger partial charge >= 0.3 is 12.4 Å². The van der Waals surface area contributed by atoms with Crippen LogP contribution in [-0.4, -0.2) is 20.7 Å². The van der Waals surface area contributed by atoms with Crippen LogP contribution < -0.4 is 0 Å². The van der Waals surface area contributed by atoms with Crippen LogP contribution in [0.1, 0.15) is 29.3 Å². The van der Waals surface area contributed by atoms with E-state index in [1.165, 1.54) is 25.3 Å². The first-order chi connectivity index (χ1) is 17.4. The number of Topliss-reactive ketones (excluding diaryl/α,β-unsaturated/α-hetero) is 1. The minimum atomic E-state index is -5.00. The second kappa shape index (κ2) is 9.96. The van der Waals surface area contributed by atoms with Crippen molar-refractivity contribution < 1.29 is 31.1 Å². The number of carbonyl (C=O) groups is 1. The van der Waals surface area contributed by atoms with E-state index in [0.29, 0.717) is 17.7 Å². The number of halogens is 6. The van der Waals surface area contributed by atoms with Gasteiger partial charge in [-0.3, -0.25) is 9.78 Å². The van der Waals surface area contributed by atoms with Gasteiger partial charge in [-0.15, -0.1) is 0 Å². The molecule has 0 spiro atoms. The van der Waals surface area contributed by atoms with Crippen molar-refractivity contribution in [2.75, 3.05) is 0 Å². The van der Waals surface area contributed by atoms with Crippen molar-refractivity contribution in [3.05, 3.63) is 102 Å². The third-order valence-electron chi connectivity index (χ3n) is 5.39. The fourth-order valence-corrected chi connectivity index (χ4v) is 3.59. The molecule has 0 bridgehead atoms. The van der Waals surface area contributed by atoms with E-state index in [2.05, 4.69) is 15.0 Å². The molecule has 0 aliphatic rings. The van der Waals surface area contributed by atoms with E-state index < -0.39 is 29.0 Å². The molecule has 0 aliphatic carbocycles. The fourth-order valence-electron chi connectivity index (χ4n) is 3.59. The molecule has 0 radical (unpaired) electrons. The van der Waals surface area contributed by atoms with E-state index >= 15 is 0 Å². The molecule has 0 atom stereocenters. The third-order valence-corrected chi connectivity index (χ3v) is 5.39. The van der Waals surface area contributed by atoms with E-state index in [4.69, 9.17) is 0 Å². The fraction of sp³-hybridized carbons (Fsp3) is 0.111. The van der Waals surface area contributed by atoms with Gasteiger partial charge in [-0.2, -0.15) is 26.3 Å². The lowest BCUT2D eigenvalue weighted by Crippen LogP contribution is -2.11. The number of rotatable bonds is 5. The summed E-state index contributed by atoms with van der Waals surface area (Å²) in [5.74, 6) is -0.659. The van der Waals surface area contributed by atoms with E-state index in [9.17, 15) is 31.1 Å². The van der Waals surface area contributed by atoms with Crippen molar-refractivity contribution in [1.82, 2.24) is 15.0 Å². The second-order valence-electron chi connectivity index (χ2n) is 8.03. The summed E-state index contributed by atoms with van der Waals surface area (Å²) < 4.78 is 79.5. The number of benzene rings is 2. The monoisotopic (exact) mass is 513 g/mol. The molecule has 2 heterocycles. The maximum Gasteiger partial charge on any atom is 0.416 e. The lowest BCUT2D eigenvalue weighted by Gasteiger charge is -2.14. The zero-order valence-electron chi connectivity index (χ0n) is 19.1. The van der Waals surface area contributed by atoms with Crippen LogP contribution in [0.5, 0.6) is 0 Å². The molecule has 4 nitrogen and oxygen atoms in total. The standard InChI is InChI=1S/C27H17F6N3O/c1-16(37)24(18-6-4-17(5-7-18)19-3-2-9-34-15-19)14-23-8-10-35-25(36-23)20-11-21(26(28,29)30)13-22(12-20)27(31,32)33/h2-15H,1H3/b24-14-. The number of ketones is 1. The zero-order chi connectivity index (χ0) is 26.8. The number of aromatic nitrogens is 3. The SMILES string of the molecule is CC(=O)/C(=C/c1ccnc(-c2cc(C(F)(F)F)cc(C(F)(F)F)c2)n1)c1ccc(-c2cccnc2)cc1. The molecule has 2 aromatic heterocycles. The van der Waals surface area contributed by atoms with Gasteiger partial charge in [0.1, 0.15) is 0 Å². The lowest BCUT2D eigenvalue weighted by molar-refractivity contribution is -0.143. The van der Waals surface area contributed by atoms with Crippen LogP contribution in [0.2, 0.25) is 0 Å². The highest BCUT2D eigenvalue weighted by molar-refractivity contribution is 6.24. The molecule has 37 heavy (non-hydrogen) atoms. The molecule has 2 aromatic carbocycles. The summed E-state index contributed by atoms with van der Waals surface area (Å²) >= 11 is 0. The molecule has 4 rings (SSSR count). The molecule has 0 saturated heterocycles. The minimum Gasteiger partial charge on any atom is -0.294 e. The van der Waals surface area contributed by atoms with Crippen molar-refractivity contribution in [3.63, 3.8) is 0 Å². The largest absolute Gasteiger partial charge is 0.416 e. The highest BCUT2D eigenvalue weighted by atomic mass is 19.4. The molecule has 10 heteroatoms. The predicted octanol–water partition coefficient (Wildman–Crippen LogP) is 7.37. The van der Waals surface area contributed by atoms with Crippen LogP contribution in [0.15, 0.2) is 79.3 Å². The third kappa shape index (κ3) is 6.08. The van der Waals surface area contributed by atoms with E-state index in [-0.39, 0.29) is 28.9 Å². The second-order valence-corrected chi connectivity index (χ2v) is 8.03. The van der Waals surface area contributed by atoms with E-state index in [1.54, 1.807) is 42.7 Å². The molecule has 0 fully saturated rings. The number of pyridine rings is 1. The van der Waals surface area contributed by atoms with E-state index in [1.807, 2.05) is 6.07 Å². The summed E-state index contributed by atoms with van der Waals surface area (Å²) in [4.78, 5) is 24.4. The lowest BCUT2D eigenvalue weighted by atomic mass is 9.98. The van der Waals surface area contributed by atoms with Crippen LogP contribution in [0.4, 0.5) is 26.3 Å². The first kappa shape index (κ1) is 25.7. The highest BCUT2D eigenvalue weighted by Gasteiger charge is 2.37. The van der Waals surface area contributed by atoms with Crippen molar-refractivity contribution in [2.45, 2.75) is 19.3 Å². The Morgan fingerprint density at radius 3 is 1.97 bits per heavy atom. The quantitative estimate of drug-likeness (QED) is 0.207. The number of allylic oxidation sites excluding steroid dienone is 1. The van der Waals surface area contributed by atoms with Crippen LogP contribution in [0, 0.1) is 0 Å². The zero-order valence-corrected chi connectivity index (χ0v) is 19.1. The van der Waals surface area contributed by atoms with Gasteiger partial charge in [0.15, 0.2) is 11.6 Å². The number of carbonyl (C=O) groups excluding carboxylic acids is 1. The molecular formula is C27H17F6N3O. The van der Waals surface area contributed by atoms with Crippen LogP contribution in [-0.2, 0) is 17.1 Å². The average molecular weight is 513 g/mol. The minimum absolute atomic E-state index is 0.0380. The molecule has 4 aromatic rings. The first-order valence-corrected chi connectivity index (χ1v) is 10.8. The van der Waals surface area contributed by atoms with Crippen molar-refractivity contribution in [2.24, 2.45) is 0 Å². The van der Waals surface area contributed by atoms with Gasteiger partial charge in [0.2, 0.25) is 0 Å². The number of hydrogen-bond acceptors (Lipinski definition) is 4. The Bertz CT molecular complexity index is 1430. The van der Waals surface area contributed by atoms with Gasteiger partial charge in [-0.05, 0) is 60.0 Å². The molecule has 188 valence electrons. The van der Waals surface area contributed by atoms with Crippen molar-refractivity contribution in [3.8, 4) is 22.5 Å². The normalized spacial score (nSPS) is 12.5. The smallest absolute Gasteiger partial charge is 0.294 e. The molecular weight excluding hydrogens is 496 g/mol. The molecule has 0 unspecified atom stereocenters. The van der Waals surface area contributed by atoms with Gasteiger partial charge in [-0.25, -0.2) is 9.97 Å². The van der Waals surface area contributed by atoms with Crippen LogP contribution in [0.25, 0.3) is 34.2 Å². The highest BCUT2D eigenvalue weighted by Crippen LogP contribution is 2.38. The Balaban J connectivity index is 1.74. The number of alkyl halides is 6. The summed E-state index contributed by atoms with van der Waals surface area (Å²) in [5.41, 5.74) is -0.711. The van der Waals surface area contributed by atoms with Crippen molar-refractivity contribution >= 4 is 17.4 Å². The Morgan fingerprint density at radius 1 is 0.784 bits per heavy atom. The van der Waals surface area contributed by atoms with Gasteiger partial charge in [0, 0.05) is 29.7 Å². The van der Waals surface area contributed by atoms with E-state index in [0.717, 1.165) is 11.1 Å². The van der Waals surface area contributed by atoms with Crippen LogP contribution in [0.3, 0.4) is 0 Å². The summed E-state index contributed by atoms with van der Waals surface area (Å²) in [7, 11) is 0. The van der Waals surface area contributed by atoms with Crippen LogP contribution >= 0.6 is 0 Å². The van der Waals surface area contributed by atoms with Gasteiger partial charge < -0.3 is 0 Å². The summed E-state index contributed by atoms with van der Waals surface area (Å²) in [6.07, 6.45) is -4.06. The topological polar surface area (TPSA) is 55.7 Å². The molecule has 0 aliphatic heterocycles. The summed E-state index contributed by atoms with van der Waals surface area (Å²) in [5, 5.41) is 0. The Hall–Kier alpha value is -4.34. The maximum absolute atomic E-state index is 13.3. The van der Waals surface area contributed by atoms with Gasteiger partial charge in [0.25, 0.3) is 0 Å². The Morgan fingerprint density at radius 2 is 1.43 bits per heavy atom. The Kier molecular flexibility index (Phi) is 6.93. The van der Waals surface area contributed by atoms with Gasteiger partial charge in [-0.1, -0.05) is 30.3 Å². The number of hydrogen-bond donors (Lipinski definition) is 0. The van der Waals surface area contributed by atoms with Crippen molar-refractivity contribution in [1.29, 1.82) is 0 Å². The summed E-state index contributed by atoms with van der Waals surface area (Å²) in [6, 6.07) is 13.3. The Labute approximate surface area is 207 Å². The molecule has 0 N–H and O–H groups in total. The molecule has 0 amide bonds. The predicted molar refractivity (Wildman–Crippen MR) is 126 cm³/mol.